The molecular weight excluding hydrogens is 192 g/mol. The minimum atomic E-state index is -0.0337. The summed E-state index contributed by atoms with van der Waals surface area (Å²) in [5.74, 6) is 0.469. The van der Waals surface area contributed by atoms with Crippen molar-refractivity contribution in [2.45, 2.75) is 44.6 Å². The van der Waals surface area contributed by atoms with Gasteiger partial charge in [-0.3, -0.25) is 14.5 Å². The number of nitrogens with two attached hydrogens (primary N) is 1. The molecule has 2 rings (SSSR count). The van der Waals surface area contributed by atoms with Gasteiger partial charge in [-0.1, -0.05) is 0 Å². The molecule has 0 aromatic carbocycles. The lowest BCUT2D eigenvalue weighted by molar-refractivity contribution is -0.144. The number of hydrogen-bond acceptors (Lipinski definition) is 3. The molecule has 1 unspecified atom stereocenters. The monoisotopic (exact) mass is 210 g/mol. The highest BCUT2D eigenvalue weighted by Crippen LogP contribution is 2.32. The van der Waals surface area contributed by atoms with Crippen molar-refractivity contribution in [2.75, 3.05) is 6.54 Å². The maximum atomic E-state index is 11.7. The number of carbonyl (C=O) groups is 2. The molecule has 1 atom stereocenters. The summed E-state index contributed by atoms with van der Waals surface area (Å²) in [6.07, 6.45) is 4.97. The number of amides is 2. The van der Waals surface area contributed by atoms with Crippen LogP contribution in [0.5, 0.6) is 0 Å². The van der Waals surface area contributed by atoms with Crippen LogP contribution in [0.2, 0.25) is 0 Å². The first-order chi connectivity index (χ1) is 7.18. The zero-order valence-corrected chi connectivity index (χ0v) is 8.95. The molecule has 2 amide bonds. The summed E-state index contributed by atoms with van der Waals surface area (Å²) in [4.78, 5) is 24.7. The van der Waals surface area contributed by atoms with E-state index in [1.165, 1.54) is 4.90 Å². The van der Waals surface area contributed by atoms with E-state index >= 15 is 0 Å². The first-order valence-corrected chi connectivity index (χ1v) is 5.77. The Labute approximate surface area is 89.8 Å². The first-order valence-electron chi connectivity index (χ1n) is 5.77. The number of rotatable bonds is 3. The molecule has 0 aromatic rings. The van der Waals surface area contributed by atoms with Gasteiger partial charge in [0.15, 0.2) is 0 Å². The highest BCUT2D eigenvalue weighted by Gasteiger charge is 2.33. The smallest absolute Gasteiger partial charge is 0.229 e. The van der Waals surface area contributed by atoms with Crippen LogP contribution >= 0.6 is 0 Å². The molecule has 4 nitrogen and oxygen atoms in total. The molecule has 0 bridgehead atoms. The number of hydrogen-bond donors (Lipinski definition) is 1. The molecule has 1 saturated carbocycles. The summed E-state index contributed by atoms with van der Waals surface area (Å²) in [7, 11) is 0. The summed E-state index contributed by atoms with van der Waals surface area (Å²) < 4.78 is 0. The second kappa shape index (κ2) is 4.31. The molecule has 2 fully saturated rings. The summed E-state index contributed by atoms with van der Waals surface area (Å²) in [6, 6.07) is -0.00370. The molecule has 2 aliphatic rings. The molecule has 0 spiro atoms. The van der Waals surface area contributed by atoms with Crippen molar-refractivity contribution in [1.82, 2.24) is 4.90 Å². The Bertz CT molecular complexity index is 256. The number of carbonyl (C=O) groups excluding carboxylic acids is 2. The molecule has 15 heavy (non-hydrogen) atoms. The quantitative estimate of drug-likeness (QED) is 0.696. The maximum Gasteiger partial charge on any atom is 0.229 e. The van der Waals surface area contributed by atoms with E-state index in [9.17, 15) is 9.59 Å². The normalized spacial score (nSPS) is 25.3. The molecule has 4 heteroatoms. The van der Waals surface area contributed by atoms with Gasteiger partial charge in [-0.05, 0) is 31.6 Å². The lowest BCUT2D eigenvalue weighted by Crippen LogP contribution is -2.44. The molecule has 1 heterocycles. The zero-order chi connectivity index (χ0) is 10.8. The van der Waals surface area contributed by atoms with Gasteiger partial charge in [0.25, 0.3) is 0 Å². The van der Waals surface area contributed by atoms with Gasteiger partial charge in [0.05, 0.1) is 0 Å². The van der Waals surface area contributed by atoms with Gasteiger partial charge in [0.2, 0.25) is 11.8 Å². The number of nitrogens with zero attached hydrogens (tertiary/aromatic N) is 1. The third-order valence-electron chi connectivity index (χ3n) is 3.25. The van der Waals surface area contributed by atoms with Crippen molar-refractivity contribution in [3.8, 4) is 0 Å². The van der Waals surface area contributed by atoms with Crippen LogP contribution in [0, 0.1) is 5.92 Å². The third-order valence-corrected chi connectivity index (χ3v) is 3.25. The van der Waals surface area contributed by atoms with Crippen LogP contribution in [0.15, 0.2) is 0 Å². The van der Waals surface area contributed by atoms with Crippen LogP contribution in [-0.2, 0) is 9.59 Å². The molecule has 1 aliphatic heterocycles. The topological polar surface area (TPSA) is 63.4 Å². The standard InChI is InChI=1S/C11H18N2O2/c12-9(8-5-6-8)7-13-10(14)3-1-2-4-11(13)15/h8-9H,1-7,12H2. The van der Waals surface area contributed by atoms with Gasteiger partial charge in [-0.15, -0.1) is 0 Å². The highest BCUT2D eigenvalue weighted by molar-refractivity contribution is 5.96. The predicted octanol–water partition coefficient (Wildman–Crippen LogP) is 0.653. The van der Waals surface area contributed by atoms with Crippen molar-refractivity contribution < 1.29 is 9.59 Å². The average Bonchev–Trinajstić information content (AvgIpc) is 3.01. The fourth-order valence-corrected chi connectivity index (χ4v) is 2.05. The Morgan fingerprint density at radius 2 is 1.73 bits per heavy atom. The Morgan fingerprint density at radius 3 is 2.20 bits per heavy atom. The van der Waals surface area contributed by atoms with E-state index in [2.05, 4.69) is 0 Å². The van der Waals surface area contributed by atoms with Crippen LogP contribution in [-0.4, -0.2) is 29.3 Å². The van der Waals surface area contributed by atoms with E-state index in [1.54, 1.807) is 0 Å². The second-order valence-corrected chi connectivity index (χ2v) is 4.61. The maximum absolute atomic E-state index is 11.7. The van der Waals surface area contributed by atoms with Gasteiger partial charge in [0.1, 0.15) is 0 Å². The predicted molar refractivity (Wildman–Crippen MR) is 55.9 cm³/mol. The third kappa shape index (κ3) is 2.56. The van der Waals surface area contributed by atoms with Crippen LogP contribution < -0.4 is 5.73 Å². The Hall–Kier alpha value is -0.900. The molecule has 1 aliphatic carbocycles. The molecule has 2 N–H and O–H groups in total. The number of likely N-dealkylation sites (tertiary alicyclic amines) is 1. The Balaban J connectivity index is 1.96. The van der Waals surface area contributed by atoms with E-state index in [-0.39, 0.29) is 17.9 Å². The Kier molecular flexibility index (Phi) is 3.05. The van der Waals surface area contributed by atoms with Crippen molar-refractivity contribution >= 4 is 11.8 Å². The zero-order valence-electron chi connectivity index (χ0n) is 8.95. The van der Waals surface area contributed by atoms with Crippen LogP contribution in [0.25, 0.3) is 0 Å². The van der Waals surface area contributed by atoms with E-state index in [0.29, 0.717) is 25.3 Å². The van der Waals surface area contributed by atoms with Crippen molar-refractivity contribution in [3.63, 3.8) is 0 Å². The summed E-state index contributed by atoms with van der Waals surface area (Å²) in [5, 5.41) is 0. The van der Waals surface area contributed by atoms with Crippen LogP contribution in [0.1, 0.15) is 38.5 Å². The van der Waals surface area contributed by atoms with Crippen molar-refractivity contribution in [3.05, 3.63) is 0 Å². The van der Waals surface area contributed by atoms with Gasteiger partial charge < -0.3 is 5.73 Å². The summed E-state index contributed by atoms with van der Waals surface area (Å²) in [6.45, 7) is 0.433. The Morgan fingerprint density at radius 1 is 1.20 bits per heavy atom. The van der Waals surface area contributed by atoms with E-state index in [1.807, 2.05) is 0 Å². The van der Waals surface area contributed by atoms with Crippen LogP contribution in [0.3, 0.4) is 0 Å². The summed E-state index contributed by atoms with van der Waals surface area (Å²) in [5.41, 5.74) is 5.94. The van der Waals surface area contributed by atoms with Gasteiger partial charge in [-0.25, -0.2) is 0 Å². The first kappa shape index (κ1) is 10.6. The van der Waals surface area contributed by atoms with Gasteiger partial charge >= 0.3 is 0 Å². The lowest BCUT2D eigenvalue weighted by atomic mass is 10.2. The van der Waals surface area contributed by atoms with Crippen molar-refractivity contribution in [2.24, 2.45) is 11.7 Å². The molecule has 1 saturated heterocycles. The average molecular weight is 210 g/mol. The molecular formula is C11H18N2O2. The molecule has 84 valence electrons. The number of imide groups is 1. The minimum Gasteiger partial charge on any atom is -0.326 e. The molecule has 0 aromatic heterocycles. The van der Waals surface area contributed by atoms with Gasteiger partial charge in [0, 0.05) is 25.4 Å². The van der Waals surface area contributed by atoms with Gasteiger partial charge in [-0.2, -0.15) is 0 Å². The molecule has 0 radical (unpaired) electrons. The lowest BCUT2D eigenvalue weighted by Gasteiger charge is -2.22. The van der Waals surface area contributed by atoms with E-state index in [4.69, 9.17) is 5.73 Å². The largest absolute Gasteiger partial charge is 0.326 e. The van der Waals surface area contributed by atoms with E-state index in [0.717, 1.165) is 25.7 Å². The second-order valence-electron chi connectivity index (χ2n) is 4.61. The SMILES string of the molecule is NC(CN1C(=O)CCCCC1=O)C1CC1. The summed E-state index contributed by atoms with van der Waals surface area (Å²) >= 11 is 0. The fourth-order valence-electron chi connectivity index (χ4n) is 2.05. The fraction of sp³-hybridized carbons (Fsp3) is 0.818. The van der Waals surface area contributed by atoms with Crippen molar-refractivity contribution in [1.29, 1.82) is 0 Å². The van der Waals surface area contributed by atoms with E-state index < -0.39 is 0 Å². The minimum absolute atomic E-state index is 0.00370. The van der Waals surface area contributed by atoms with Crippen LogP contribution in [0.4, 0.5) is 0 Å². The highest BCUT2D eigenvalue weighted by atomic mass is 16.2.